The zero-order valence-electron chi connectivity index (χ0n) is 8.02. The highest BCUT2D eigenvalue weighted by Crippen LogP contribution is 2.29. The highest BCUT2D eigenvalue weighted by Gasteiger charge is 2.23. The van der Waals surface area contributed by atoms with E-state index in [9.17, 15) is 4.79 Å². The molecule has 3 nitrogen and oxygen atoms in total. The molecule has 0 bridgehead atoms. The van der Waals surface area contributed by atoms with Crippen LogP contribution in [0.25, 0.3) is 0 Å². The van der Waals surface area contributed by atoms with Crippen molar-refractivity contribution in [3.63, 3.8) is 0 Å². The van der Waals surface area contributed by atoms with Crippen LogP contribution in [0, 0.1) is 0 Å². The minimum absolute atomic E-state index is 0.418. The first kappa shape index (κ1) is 9.06. The third-order valence-corrected chi connectivity index (χ3v) is 2.80. The molecule has 1 aliphatic rings. The molecule has 0 radical (unpaired) electrons. The molecule has 2 rings (SSSR count). The Bertz CT molecular complexity index is 338. The van der Waals surface area contributed by atoms with Gasteiger partial charge in [0.15, 0.2) is 0 Å². The second-order valence-electron chi connectivity index (χ2n) is 3.71. The summed E-state index contributed by atoms with van der Waals surface area (Å²) in [4.78, 5) is 12.4. The second kappa shape index (κ2) is 3.70. The quantitative estimate of drug-likeness (QED) is 0.563. The van der Waals surface area contributed by atoms with Crippen molar-refractivity contribution < 1.29 is 4.79 Å². The SMILES string of the molecule is Nc1ccccc1C1CCN(C=O)C1. The number of likely N-dealkylation sites (tertiary alicyclic amines) is 1. The molecule has 1 saturated heterocycles. The van der Waals surface area contributed by atoms with Gasteiger partial charge in [0.05, 0.1) is 0 Å². The number of nitrogen functional groups attached to an aromatic ring is 1. The molecular formula is C11H14N2O. The number of carbonyl (C=O) groups excluding carboxylic acids is 1. The van der Waals surface area contributed by atoms with Gasteiger partial charge in [-0.15, -0.1) is 0 Å². The Kier molecular flexibility index (Phi) is 2.39. The molecule has 3 heteroatoms. The molecule has 14 heavy (non-hydrogen) atoms. The first-order chi connectivity index (χ1) is 6.81. The number of hydrogen-bond donors (Lipinski definition) is 1. The minimum atomic E-state index is 0.418. The predicted octanol–water partition coefficient (Wildman–Crippen LogP) is 1.21. The molecule has 0 aromatic heterocycles. The Morgan fingerprint density at radius 3 is 2.86 bits per heavy atom. The highest BCUT2D eigenvalue weighted by molar-refractivity contribution is 5.52. The summed E-state index contributed by atoms with van der Waals surface area (Å²) in [5.41, 5.74) is 7.90. The lowest BCUT2D eigenvalue weighted by Crippen LogP contribution is -2.17. The highest BCUT2D eigenvalue weighted by atomic mass is 16.1. The third-order valence-electron chi connectivity index (χ3n) is 2.80. The Morgan fingerprint density at radius 1 is 1.43 bits per heavy atom. The van der Waals surface area contributed by atoms with Crippen LogP contribution >= 0.6 is 0 Å². The largest absolute Gasteiger partial charge is 0.398 e. The standard InChI is InChI=1S/C11H14N2O/c12-11-4-2-1-3-10(11)9-5-6-13(7-9)8-14/h1-4,8-9H,5-7,12H2. The van der Waals surface area contributed by atoms with Gasteiger partial charge in [-0.2, -0.15) is 0 Å². The lowest BCUT2D eigenvalue weighted by atomic mass is 9.97. The zero-order chi connectivity index (χ0) is 9.97. The van der Waals surface area contributed by atoms with Crippen molar-refractivity contribution in [1.29, 1.82) is 0 Å². The van der Waals surface area contributed by atoms with E-state index in [1.54, 1.807) is 4.90 Å². The second-order valence-corrected chi connectivity index (χ2v) is 3.71. The maximum atomic E-state index is 10.6. The van der Waals surface area contributed by atoms with Crippen LogP contribution in [0.4, 0.5) is 5.69 Å². The number of nitrogens with two attached hydrogens (primary N) is 1. The molecule has 74 valence electrons. The van der Waals surface area contributed by atoms with E-state index in [1.807, 2.05) is 24.3 Å². The summed E-state index contributed by atoms with van der Waals surface area (Å²) in [5.74, 6) is 0.418. The van der Waals surface area contributed by atoms with E-state index in [-0.39, 0.29) is 0 Å². The first-order valence-electron chi connectivity index (χ1n) is 4.85. The smallest absolute Gasteiger partial charge is 0.209 e. The maximum absolute atomic E-state index is 10.6. The van der Waals surface area contributed by atoms with E-state index in [4.69, 9.17) is 5.73 Å². The van der Waals surface area contributed by atoms with Gasteiger partial charge in [-0.05, 0) is 18.1 Å². The summed E-state index contributed by atoms with van der Waals surface area (Å²) in [7, 11) is 0. The molecule has 1 atom stereocenters. The Balaban J connectivity index is 2.17. The number of anilines is 1. The number of benzene rings is 1. The van der Waals surface area contributed by atoms with E-state index in [0.29, 0.717) is 5.92 Å². The van der Waals surface area contributed by atoms with Crippen LogP contribution in [0.5, 0.6) is 0 Å². The number of amides is 1. The number of rotatable bonds is 2. The summed E-state index contributed by atoms with van der Waals surface area (Å²) in [5, 5.41) is 0. The fourth-order valence-electron chi connectivity index (χ4n) is 2.02. The molecule has 1 amide bonds. The van der Waals surface area contributed by atoms with Gasteiger partial charge in [0.2, 0.25) is 6.41 Å². The topological polar surface area (TPSA) is 46.3 Å². The fourth-order valence-corrected chi connectivity index (χ4v) is 2.02. The van der Waals surface area contributed by atoms with E-state index in [0.717, 1.165) is 31.6 Å². The van der Waals surface area contributed by atoms with Crippen molar-refractivity contribution in [3.8, 4) is 0 Å². The Labute approximate surface area is 83.5 Å². The molecule has 0 spiro atoms. The van der Waals surface area contributed by atoms with E-state index < -0.39 is 0 Å². The average Bonchev–Trinajstić information content (AvgIpc) is 2.67. The van der Waals surface area contributed by atoms with Crippen LogP contribution in [0.15, 0.2) is 24.3 Å². The third kappa shape index (κ3) is 1.58. The van der Waals surface area contributed by atoms with Crippen LogP contribution < -0.4 is 5.73 Å². The van der Waals surface area contributed by atoms with Gasteiger partial charge < -0.3 is 10.6 Å². The van der Waals surface area contributed by atoms with Crippen LogP contribution in [0.3, 0.4) is 0 Å². The summed E-state index contributed by atoms with van der Waals surface area (Å²) < 4.78 is 0. The number of carbonyl (C=O) groups is 1. The fraction of sp³-hybridized carbons (Fsp3) is 0.364. The normalized spacial score (nSPS) is 21.1. The maximum Gasteiger partial charge on any atom is 0.209 e. The molecular weight excluding hydrogens is 176 g/mol. The van der Waals surface area contributed by atoms with Gasteiger partial charge in [0.1, 0.15) is 0 Å². The van der Waals surface area contributed by atoms with Gasteiger partial charge in [0, 0.05) is 24.7 Å². The van der Waals surface area contributed by atoms with Crippen molar-refractivity contribution in [1.82, 2.24) is 4.90 Å². The van der Waals surface area contributed by atoms with Crippen LogP contribution in [0.1, 0.15) is 17.9 Å². The van der Waals surface area contributed by atoms with Gasteiger partial charge >= 0.3 is 0 Å². The van der Waals surface area contributed by atoms with Crippen molar-refractivity contribution in [2.24, 2.45) is 0 Å². The summed E-state index contributed by atoms with van der Waals surface area (Å²) in [6.45, 7) is 1.65. The van der Waals surface area contributed by atoms with Gasteiger partial charge in [-0.25, -0.2) is 0 Å². The van der Waals surface area contributed by atoms with Crippen molar-refractivity contribution >= 4 is 12.1 Å². The van der Waals surface area contributed by atoms with Gasteiger partial charge in [-0.3, -0.25) is 4.79 Å². The monoisotopic (exact) mass is 190 g/mol. The molecule has 1 unspecified atom stereocenters. The number of hydrogen-bond acceptors (Lipinski definition) is 2. The number of nitrogens with zero attached hydrogens (tertiary/aromatic N) is 1. The van der Waals surface area contributed by atoms with E-state index in [1.165, 1.54) is 5.56 Å². The lowest BCUT2D eigenvalue weighted by Gasteiger charge is -2.12. The summed E-state index contributed by atoms with van der Waals surface area (Å²) in [6, 6.07) is 7.90. The van der Waals surface area contributed by atoms with Crippen LogP contribution in [0.2, 0.25) is 0 Å². The van der Waals surface area contributed by atoms with Gasteiger partial charge in [0.25, 0.3) is 0 Å². The van der Waals surface area contributed by atoms with Crippen molar-refractivity contribution in [2.45, 2.75) is 12.3 Å². The molecule has 0 saturated carbocycles. The molecule has 1 aromatic rings. The summed E-state index contributed by atoms with van der Waals surface area (Å²) in [6.07, 6.45) is 1.94. The van der Waals surface area contributed by atoms with E-state index in [2.05, 4.69) is 0 Å². The van der Waals surface area contributed by atoms with Gasteiger partial charge in [-0.1, -0.05) is 18.2 Å². The van der Waals surface area contributed by atoms with Crippen LogP contribution in [-0.2, 0) is 4.79 Å². The minimum Gasteiger partial charge on any atom is -0.398 e. The first-order valence-corrected chi connectivity index (χ1v) is 4.85. The lowest BCUT2D eigenvalue weighted by molar-refractivity contribution is -0.117. The zero-order valence-corrected chi connectivity index (χ0v) is 8.02. The number of para-hydroxylation sites is 1. The van der Waals surface area contributed by atoms with Crippen molar-refractivity contribution in [2.75, 3.05) is 18.8 Å². The molecule has 1 fully saturated rings. The molecule has 0 aliphatic carbocycles. The molecule has 2 N–H and O–H groups in total. The average molecular weight is 190 g/mol. The summed E-state index contributed by atoms with van der Waals surface area (Å²) >= 11 is 0. The predicted molar refractivity (Wildman–Crippen MR) is 55.8 cm³/mol. The Morgan fingerprint density at radius 2 is 2.21 bits per heavy atom. The van der Waals surface area contributed by atoms with Crippen LogP contribution in [-0.4, -0.2) is 24.4 Å². The molecule has 1 aromatic carbocycles. The molecule has 1 aliphatic heterocycles. The van der Waals surface area contributed by atoms with Crippen molar-refractivity contribution in [3.05, 3.63) is 29.8 Å². The molecule has 1 heterocycles. The Hall–Kier alpha value is -1.51. The van der Waals surface area contributed by atoms with E-state index >= 15 is 0 Å².